The molecule has 0 heterocycles. The normalized spacial score (nSPS) is 14.7. The van der Waals surface area contributed by atoms with Crippen LogP contribution in [0.5, 0.6) is 0 Å². The maximum atomic E-state index is 10.5. The molecule has 2 atom stereocenters. The van der Waals surface area contributed by atoms with E-state index in [9.17, 15) is 9.90 Å². The van der Waals surface area contributed by atoms with Crippen LogP contribution in [0.1, 0.15) is 11.6 Å². The van der Waals surface area contributed by atoms with E-state index < -0.39 is 18.1 Å². The van der Waals surface area contributed by atoms with Crippen LogP contribution < -0.4 is 11.3 Å². The highest BCUT2D eigenvalue weighted by Crippen LogP contribution is 2.15. The van der Waals surface area contributed by atoms with Crippen molar-refractivity contribution >= 4 is 5.97 Å². The number of carboxylic acid groups (broad SMARTS) is 1. The third-order valence-corrected chi connectivity index (χ3v) is 1.91. The van der Waals surface area contributed by atoms with Crippen molar-refractivity contribution in [3.05, 3.63) is 35.9 Å². The molecular weight excluding hydrogens is 184 g/mol. The Morgan fingerprint density at radius 3 is 2.36 bits per heavy atom. The molecule has 5 nitrogen and oxygen atoms in total. The number of hydrogen-bond donors (Lipinski definition) is 4. The van der Waals surface area contributed by atoms with E-state index in [0.29, 0.717) is 5.56 Å². The molecule has 14 heavy (non-hydrogen) atoms. The quantitative estimate of drug-likeness (QED) is 0.389. The number of aliphatic hydroxyl groups is 1. The molecule has 0 saturated heterocycles. The SMILES string of the molecule is NN[C@@H](c1ccccc1)[C@@H](O)C(=O)O. The lowest BCUT2D eigenvalue weighted by Crippen LogP contribution is -2.40. The van der Waals surface area contributed by atoms with E-state index in [-0.39, 0.29) is 0 Å². The summed E-state index contributed by atoms with van der Waals surface area (Å²) in [5.74, 6) is 3.86. The summed E-state index contributed by atoms with van der Waals surface area (Å²) < 4.78 is 0. The number of aliphatic hydroxyl groups excluding tert-OH is 1. The molecule has 0 aliphatic heterocycles. The average molecular weight is 196 g/mol. The first-order valence-electron chi connectivity index (χ1n) is 4.08. The van der Waals surface area contributed by atoms with Gasteiger partial charge in [0, 0.05) is 0 Å². The molecule has 1 aromatic rings. The number of nitrogens with one attached hydrogen (secondary N) is 1. The largest absolute Gasteiger partial charge is 0.479 e. The van der Waals surface area contributed by atoms with Gasteiger partial charge in [-0.15, -0.1) is 0 Å². The van der Waals surface area contributed by atoms with E-state index in [1.807, 2.05) is 0 Å². The summed E-state index contributed by atoms with van der Waals surface area (Å²) in [7, 11) is 0. The smallest absolute Gasteiger partial charge is 0.334 e. The van der Waals surface area contributed by atoms with E-state index in [2.05, 4.69) is 5.43 Å². The summed E-state index contributed by atoms with van der Waals surface area (Å²) in [5.41, 5.74) is 2.90. The van der Waals surface area contributed by atoms with Crippen molar-refractivity contribution in [1.29, 1.82) is 0 Å². The summed E-state index contributed by atoms with van der Waals surface area (Å²) in [6.07, 6.45) is -1.55. The zero-order valence-corrected chi connectivity index (χ0v) is 7.42. The highest BCUT2D eigenvalue weighted by atomic mass is 16.4. The fourth-order valence-corrected chi connectivity index (χ4v) is 1.17. The van der Waals surface area contributed by atoms with Crippen molar-refractivity contribution in [2.75, 3.05) is 0 Å². The van der Waals surface area contributed by atoms with Gasteiger partial charge in [-0.1, -0.05) is 30.3 Å². The van der Waals surface area contributed by atoms with Crippen LogP contribution in [0.4, 0.5) is 0 Å². The molecule has 0 bridgehead atoms. The first kappa shape index (κ1) is 10.6. The van der Waals surface area contributed by atoms with Gasteiger partial charge in [-0.25, -0.2) is 10.2 Å². The Morgan fingerprint density at radius 2 is 1.93 bits per heavy atom. The third-order valence-electron chi connectivity index (χ3n) is 1.91. The molecule has 0 unspecified atom stereocenters. The minimum atomic E-state index is -1.55. The van der Waals surface area contributed by atoms with Gasteiger partial charge in [-0.2, -0.15) is 0 Å². The van der Waals surface area contributed by atoms with E-state index in [4.69, 9.17) is 10.9 Å². The molecule has 5 N–H and O–H groups in total. The van der Waals surface area contributed by atoms with Crippen molar-refractivity contribution < 1.29 is 15.0 Å². The summed E-state index contributed by atoms with van der Waals surface area (Å²) in [4.78, 5) is 10.5. The highest BCUT2D eigenvalue weighted by Gasteiger charge is 2.25. The van der Waals surface area contributed by atoms with Crippen molar-refractivity contribution in [3.8, 4) is 0 Å². The maximum Gasteiger partial charge on any atom is 0.334 e. The summed E-state index contributed by atoms with van der Waals surface area (Å²) in [6.45, 7) is 0. The van der Waals surface area contributed by atoms with Crippen molar-refractivity contribution in [1.82, 2.24) is 5.43 Å². The van der Waals surface area contributed by atoms with Gasteiger partial charge in [0.1, 0.15) is 0 Å². The maximum absolute atomic E-state index is 10.5. The Labute approximate surface area is 81.1 Å². The van der Waals surface area contributed by atoms with Crippen molar-refractivity contribution in [2.24, 2.45) is 5.84 Å². The zero-order valence-electron chi connectivity index (χ0n) is 7.42. The number of carbonyl (C=O) groups is 1. The van der Waals surface area contributed by atoms with Gasteiger partial charge < -0.3 is 10.2 Å². The minimum absolute atomic E-state index is 0.630. The molecule has 0 amide bonds. The molecule has 0 spiro atoms. The van der Waals surface area contributed by atoms with Crippen LogP contribution in [0.15, 0.2) is 30.3 Å². The highest BCUT2D eigenvalue weighted by molar-refractivity contribution is 5.73. The van der Waals surface area contributed by atoms with E-state index in [1.54, 1.807) is 30.3 Å². The number of aliphatic carboxylic acids is 1. The molecule has 0 radical (unpaired) electrons. The number of carboxylic acids is 1. The molecule has 76 valence electrons. The van der Waals surface area contributed by atoms with Crippen molar-refractivity contribution in [2.45, 2.75) is 12.1 Å². The lowest BCUT2D eigenvalue weighted by molar-refractivity contribution is -0.148. The van der Waals surface area contributed by atoms with Crippen LogP contribution in [-0.2, 0) is 4.79 Å². The van der Waals surface area contributed by atoms with Gasteiger partial charge in [0.15, 0.2) is 6.10 Å². The average Bonchev–Trinajstić information content (AvgIpc) is 2.20. The van der Waals surface area contributed by atoms with E-state index in [1.165, 1.54) is 0 Å². The molecule has 0 aliphatic carbocycles. The van der Waals surface area contributed by atoms with Gasteiger partial charge >= 0.3 is 5.97 Å². The topological polar surface area (TPSA) is 95.6 Å². The first-order valence-corrected chi connectivity index (χ1v) is 4.08. The predicted octanol–water partition coefficient (Wildman–Crippen LogP) is -0.364. The predicted molar refractivity (Wildman–Crippen MR) is 50.1 cm³/mol. The van der Waals surface area contributed by atoms with E-state index in [0.717, 1.165) is 0 Å². The van der Waals surface area contributed by atoms with Crippen LogP contribution in [-0.4, -0.2) is 22.3 Å². The zero-order chi connectivity index (χ0) is 10.6. The third kappa shape index (κ3) is 2.29. The number of hydrogen-bond acceptors (Lipinski definition) is 4. The Kier molecular flexibility index (Phi) is 3.58. The Balaban J connectivity index is 2.87. The second-order valence-electron chi connectivity index (χ2n) is 2.84. The summed E-state index contributed by atoms with van der Waals surface area (Å²) >= 11 is 0. The van der Waals surface area contributed by atoms with Gasteiger partial charge in [0.2, 0.25) is 0 Å². The Morgan fingerprint density at radius 1 is 1.36 bits per heavy atom. The van der Waals surface area contributed by atoms with Crippen molar-refractivity contribution in [3.63, 3.8) is 0 Å². The van der Waals surface area contributed by atoms with Crippen LogP contribution in [0.25, 0.3) is 0 Å². The van der Waals surface area contributed by atoms with Gasteiger partial charge in [0.25, 0.3) is 0 Å². The number of benzene rings is 1. The number of rotatable bonds is 4. The Bertz CT molecular complexity index is 302. The molecule has 0 saturated carbocycles. The lowest BCUT2D eigenvalue weighted by Gasteiger charge is -2.18. The molecule has 5 heteroatoms. The number of nitrogens with two attached hydrogens (primary N) is 1. The van der Waals surface area contributed by atoms with E-state index >= 15 is 0 Å². The Hall–Kier alpha value is -1.43. The van der Waals surface area contributed by atoms with Gasteiger partial charge in [-0.3, -0.25) is 5.84 Å². The van der Waals surface area contributed by atoms with Gasteiger partial charge in [0.05, 0.1) is 6.04 Å². The monoisotopic (exact) mass is 196 g/mol. The number of hydrazine groups is 1. The van der Waals surface area contributed by atoms with Crippen LogP contribution in [0.2, 0.25) is 0 Å². The van der Waals surface area contributed by atoms with Crippen LogP contribution in [0, 0.1) is 0 Å². The molecule has 0 aliphatic rings. The summed E-state index contributed by atoms with van der Waals surface area (Å²) in [5, 5.41) is 17.9. The second-order valence-corrected chi connectivity index (χ2v) is 2.84. The van der Waals surface area contributed by atoms with Crippen LogP contribution in [0.3, 0.4) is 0 Å². The molecular formula is C9H12N2O3. The first-order chi connectivity index (χ1) is 6.66. The second kappa shape index (κ2) is 4.71. The molecule has 0 aromatic heterocycles. The lowest BCUT2D eigenvalue weighted by atomic mass is 10.0. The fraction of sp³-hybridized carbons (Fsp3) is 0.222. The fourth-order valence-electron chi connectivity index (χ4n) is 1.17. The minimum Gasteiger partial charge on any atom is -0.479 e. The standard InChI is InChI=1S/C9H12N2O3/c10-11-7(8(12)9(13)14)6-4-2-1-3-5-6/h1-5,7-8,11-12H,10H2,(H,13,14)/t7-,8+/m0/s1. The molecule has 1 aromatic carbocycles. The van der Waals surface area contributed by atoms with Crippen LogP contribution >= 0.6 is 0 Å². The summed E-state index contributed by atoms with van der Waals surface area (Å²) in [6, 6.07) is 7.87. The molecule has 0 fully saturated rings. The molecule has 1 rings (SSSR count). The van der Waals surface area contributed by atoms with Gasteiger partial charge in [-0.05, 0) is 5.56 Å².